The molecule has 2 heteroatoms. The van der Waals surface area contributed by atoms with Gasteiger partial charge in [0.1, 0.15) is 0 Å². The summed E-state index contributed by atoms with van der Waals surface area (Å²) in [5, 5.41) is 1.17. The Balaban J connectivity index is 0.000000451. The summed E-state index contributed by atoms with van der Waals surface area (Å²) in [6.45, 7) is 5.99. The lowest BCUT2D eigenvalue weighted by Crippen LogP contribution is -1.77. The van der Waals surface area contributed by atoms with Gasteiger partial charge in [-0.2, -0.15) is 0 Å². The van der Waals surface area contributed by atoms with Gasteiger partial charge in [-0.15, -0.1) is 0 Å². The average molecular weight is 164 g/mol. The van der Waals surface area contributed by atoms with Crippen molar-refractivity contribution in [3.63, 3.8) is 0 Å². The van der Waals surface area contributed by atoms with Crippen molar-refractivity contribution in [3.8, 4) is 0 Å². The van der Waals surface area contributed by atoms with Gasteiger partial charge in [-0.3, -0.25) is 4.98 Å². The number of fused-ring (bicyclic) bond motifs is 1. The lowest BCUT2D eigenvalue weighted by Gasteiger charge is -1.89. The number of aryl methyl sites for hydroxylation is 1. The second kappa shape index (κ2) is 3.90. The van der Waals surface area contributed by atoms with Crippen LogP contribution in [0.4, 0.5) is 0 Å². The molecular weight excluding hydrogens is 148 g/mol. The Bertz CT molecular complexity index is 354. The zero-order valence-electron chi connectivity index (χ0n) is 7.76. The first-order valence-electron chi connectivity index (χ1n) is 4.26. The third-order valence-electron chi connectivity index (χ3n) is 1.57. The zero-order valence-corrected chi connectivity index (χ0v) is 7.76. The molecule has 66 valence electrons. The van der Waals surface area contributed by atoms with Gasteiger partial charge in [0.2, 0.25) is 0 Å². The molecule has 2 rings (SSSR count). The van der Waals surface area contributed by atoms with E-state index in [2.05, 4.69) is 9.97 Å². The molecule has 2 aromatic rings. The fraction of sp³-hybridized carbons (Fsp3) is 0.300. The lowest BCUT2D eigenvalue weighted by molar-refractivity contribution is 1.22. The normalized spacial score (nSPS) is 9.25. The van der Waals surface area contributed by atoms with Gasteiger partial charge < -0.3 is 4.98 Å². The molecule has 2 nitrogen and oxygen atoms in total. The quantitative estimate of drug-likeness (QED) is 0.636. The molecule has 0 aliphatic heterocycles. The number of aromatic nitrogens is 2. The van der Waals surface area contributed by atoms with E-state index in [4.69, 9.17) is 0 Å². The average Bonchev–Trinajstić information content (AvgIpc) is 2.54. The molecule has 0 amide bonds. The molecule has 0 bridgehead atoms. The van der Waals surface area contributed by atoms with Crippen LogP contribution >= 0.6 is 0 Å². The molecule has 0 fully saturated rings. The molecule has 0 aliphatic rings. The monoisotopic (exact) mass is 164 g/mol. The highest BCUT2D eigenvalue weighted by Gasteiger charge is 1.92. The molecule has 0 aromatic carbocycles. The van der Waals surface area contributed by atoms with Crippen molar-refractivity contribution in [1.29, 1.82) is 0 Å². The summed E-state index contributed by atoms with van der Waals surface area (Å²) < 4.78 is 0. The Morgan fingerprint density at radius 1 is 1.42 bits per heavy atom. The summed E-state index contributed by atoms with van der Waals surface area (Å²) in [6.07, 6.45) is 3.80. The number of aromatic amines is 1. The molecule has 0 saturated carbocycles. The second-order valence-corrected chi connectivity index (χ2v) is 2.39. The Morgan fingerprint density at radius 2 is 2.17 bits per heavy atom. The van der Waals surface area contributed by atoms with Gasteiger partial charge in [-0.1, -0.05) is 13.8 Å². The highest BCUT2D eigenvalue weighted by molar-refractivity contribution is 5.78. The first-order valence-corrected chi connectivity index (χ1v) is 4.26. The summed E-state index contributed by atoms with van der Waals surface area (Å²) >= 11 is 0. The molecule has 0 spiro atoms. The maximum atomic E-state index is 4.16. The number of H-pyrrole nitrogens is 1. The van der Waals surface area contributed by atoms with Gasteiger partial charge in [0, 0.05) is 30.4 Å². The van der Waals surface area contributed by atoms with E-state index >= 15 is 0 Å². The van der Waals surface area contributed by atoms with Crippen LogP contribution in [0.1, 0.15) is 21.0 Å². The molecule has 0 saturated heterocycles. The van der Waals surface area contributed by atoms with Crippen LogP contribution in [-0.2, 0) is 0 Å². The fourth-order valence-electron chi connectivity index (χ4n) is 1.05. The van der Waals surface area contributed by atoms with E-state index in [-0.39, 0.29) is 1.43 Å². The second-order valence-electron chi connectivity index (χ2n) is 2.39. The largest absolute Gasteiger partial charge is 0.361 e. The smallest absolute Gasteiger partial charge is 0.0487 e. The van der Waals surface area contributed by atoms with E-state index in [0.717, 1.165) is 11.2 Å². The van der Waals surface area contributed by atoms with Crippen molar-refractivity contribution in [2.75, 3.05) is 0 Å². The molecule has 1 N–H and O–H groups in total. The lowest BCUT2D eigenvalue weighted by atomic mass is 10.3. The first kappa shape index (κ1) is 8.78. The first-order chi connectivity index (χ1) is 5.86. The third kappa shape index (κ3) is 1.64. The minimum atomic E-state index is 0. The number of nitrogens with zero attached hydrogens (tertiary/aromatic N) is 1. The Hall–Kier alpha value is -1.31. The third-order valence-corrected chi connectivity index (χ3v) is 1.57. The molecule has 2 aromatic heterocycles. The van der Waals surface area contributed by atoms with Crippen molar-refractivity contribution in [2.24, 2.45) is 0 Å². The standard InChI is InChI=1S/C8H8N2.C2H6.H2/c1-6-4-8-7(5-10-6)2-3-9-8;1-2;/h2-5,9H,1H3;1-2H3;1H. The number of rotatable bonds is 0. The van der Waals surface area contributed by atoms with Crippen molar-refractivity contribution < 1.29 is 1.43 Å². The van der Waals surface area contributed by atoms with Gasteiger partial charge in [-0.25, -0.2) is 0 Å². The Labute approximate surface area is 74.1 Å². The molecule has 0 aliphatic carbocycles. The van der Waals surface area contributed by atoms with Crippen molar-refractivity contribution in [2.45, 2.75) is 20.8 Å². The summed E-state index contributed by atoms with van der Waals surface area (Å²) in [5.74, 6) is 0. The Morgan fingerprint density at radius 3 is 2.92 bits per heavy atom. The van der Waals surface area contributed by atoms with Crippen LogP contribution in [0, 0.1) is 6.92 Å². The molecule has 2 heterocycles. The van der Waals surface area contributed by atoms with E-state index in [1.165, 1.54) is 5.39 Å². The summed E-state index contributed by atoms with van der Waals surface area (Å²) in [5.41, 5.74) is 2.21. The fourth-order valence-corrected chi connectivity index (χ4v) is 1.05. The predicted octanol–water partition coefficient (Wildman–Crippen LogP) is 3.14. The van der Waals surface area contributed by atoms with Crippen LogP contribution in [0.3, 0.4) is 0 Å². The van der Waals surface area contributed by atoms with Crippen molar-refractivity contribution in [1.82, 2.24) is 9.97 Å². The molecule has 0 atom stereocenters. The Kier molecular flexibility index (Phi) is 2.86. The van der Waals surface area contributed by atoms with Crippen molar-refractivity contribution >= 4 is 10.9 Å². The SMILES string of the molecule is CC.Cc1cc2[nH]ccc2cn1.[HH]. The minimum absolute atomic E-state index is 0. The van der Waals surface area contributed by atoms with E-state index in [1.807, 2.05) is 45.3 Å². The number of pyridine rings is 1. The number of nitrogens with one attached hydrogen (secondary N) is 1. The van der Waals surface area contributed by atoms with Crippen LogP contribution in [0.2, 0.25) is 0 Å². The van der Waals surface area contributed by atoms with Crippen molar-refractivity contribution in [3.05, 3.63) is 30.2 Å². The molecule has 0 unspecified atom stereocenters. The maximum Gasteiger partial charge on any atom is 0.0487 e. The van der Waals surface area contributed by atoms with Crippen LogP contribution in [0.25, 0.3) is 10.9 Å². The van der Waals surface area contributed by atoms with E-state index in [9.17, 15) is 0 Å². The molecule has 0 radical (unpaired) electrons. The predicted molar refractivity (Wildman–Crippen MR) is 54.3 cm³/mol. The van der Waals surface area contributed by atoms with Gasteiger partial charge in [-0.05, 0) is 19.1 Å². The van der Waals surface area contributed by atoms with Gasteiger partial charge >= 0.3 is 0 Å². The van der Waals surface area contributed by atoms with Crippen LogP contribution < -0.4 is 0 Å². The summed E-state index contributed by atoms with van der Waals surface area (Å²) in [7, 11) is 0. The maximum absolute atomic E-state index is 4.16. The van der Waals surface area contributed by atoms with E-state index in [1.54, 1.807) is 0 Å². The van der Waals surface area contributed by atoms with Crippen LogP contribution in [0.15, 0.2) is 24.5 Å². The molecular formula is C10H16N2. The van der Waals surface area contributed by atoms with Crippen LogP contribution in [-0.4, -0.2) is 9.97 Å². The molecule has 12 heavy (non-hydrogen) atoms. The highest BCUT2D eigenvalue weighted by Crippen LogP contribution is 2.10. The van der Waals surface area contributed by atoms with Gasteiger partial charge in [0.05, 0.1) is 0 Å². The highest BCUT2D eigenvalue weighted by atomic mass is 14.7. The summed E-state index contributed by atoms with van der Waals surface area (Å²) in [6, 6.07) is 4.05. The number of hydrogen-bond donors (Lipinski definition) is 1. The summed E-state index contributed by atoms with van der Waals surface area (Å²) in [4.78, 5) is 7.28. The topological polar surface area (TPSA) is 28.7 Å². The van der Waals surface area contributed by atoms with Gasteiger partial charge in [0.25, 0.3) is 0 Å². The number of hydrogen-bond acceptors (Lipinski definition) is 1. The van der Waals surface area contributed by atoms with Crippen LogP contribution in [0.5, 0.6) is 0 Å². The zero-order chi connectivity index (χ0) is 8.97. The van der Waals surface area contributed by atoms with E-state index in [0.29, 0.717) is 0 Å². The van der Waals surface area contributed by atoms with E-state index < -0.39 is 0 Å². The van der Waals surface area contributed by atoms with Gasteiger partial charge in [0.15, 0.2) is 0 Å². The minimum Gasteiger partial charge on any atom is -0.361 e.